The number of carbonyl (C=O) groups is 1. The fourth-order valence-corrected chi connectivity index (χ4v) is 2.67. The minimum absolute atomic E-state index is 0.151. The van der Waals surface area contributed by atoms with Gasteiger partial charge in [-0.3, -0.25) is 14.5 Å². The molecule has 0 bridgehead atoms. The first-order chi connectivity index (χ1) is 11.0. The molecular weight excluding hydrogens is 296 g/mol. The van der Waals surface area contributed by atoms with Crippen molar-refractivity contribution in [3.63, 3.8) is 0 Å². The number of hydrogen-bond donors (Lipinski definition) is 2. The summed E-state index contributed by atoms with van der Waals surface area (Å²) in [7, 11) is 0. The summed E-state index contributed by atoms with van der Waals surface area (Å²) in [6.45, 7) is 3.39. The lowest BCUT2D eigenvalue weighted by atomic mass is 10.0. The van der Waals surface area contributed by atoms with E-state index >= 15 is 0 Å². The van der Waals surface area contributed by atoms with Gasteiger partial charge in [-0.2, -0.15) is 5.10 Å². The lowest BCUT2D eigenvalue weighted by molar-refractivity contribution is -0.122. The van der Waals surface area contributed by atoms with Crippen LogP contribution in [0.2, 0.25) is 0 Å². The zero-order valence-corrected chi connectivity index (χ0v) is 13.0. The van der Waals surface area contributed by atoms with E-state index in [1.165, 1.54) is 0 Å². The molecule has 3 rings (SSSR count). The van der Waals surface area contributed by atoms with E-state index in [0.717, 1.165) is 11.4 Å². The van der Waals surface area contributed by atoms with E-state index in [4.69, 9.17) is 0 Å². The molecule has 1 atom stereocenters. The first-order valence-corrected chi connectivity index (χ1v) is 7.53. The molecule has 0 saturated carbocycles. The van der Waals surface area contributed by atoms with E-state index in [1.807, 2.05) is 11.8 Å². The predicted molar refractivity (Wildman–Crippen MR) is 83.8 cm³/mol. The van der Waals surface area contributed by atoms with E-state index in [0.29, 0.717) is 19.5 Å². The maximum Gasteiger partial charge on any atom is 0.241 e. The van der Waals surface area contributed by atoms with Gasteiger partial charge in [0.25, 0.3) is 0 Å². The van der Waals surface area contributed by atoms with Gasteiger partial charge in [0.15, 0.2) is 0 Å². The zero-order valence-electron chi connectivity index (χ0n) is 13.0. The number of aliphatic hydroxyl groups is 1. The number of nitrogens with one attached hydrogen (secondary N) is 1. The Morgan fingerprint density at radius 2 is 2.30 bits per heavy atom. The number of nitrogens with zero attached hydrogens (tertiary/aromatic N) is 5. The van der Waals surface area contributed by atoms with Gasteiger partial charge in [-0.25, -0.2) is 4.98 Å². The van der Waals surface area contributed by atoms with E-state index in [9.17, 15) is 9.90 Å². The van der Waals surface area contributed by atoms with Crippen LogP contribution in [0.3, 0.4) is 0 Å². The summed E-state index contributed by atoms with van der Waals surface area (Å²) in [5, 5.41) is 17.5. The predicted octanol–water partition coefficient (Wildman–Crippen LogP) is -0.261. The molecule has 1 aliphatic heterocycles. The van der Waals surface area contributed by atoms with Gasteiger partial charge in [0.05, 0.1) is 12.4 Å². The third kappa shape index (κ3) is 3.84. The molecule has 2 N–H and O–H groups in total. The molecule has 0 radical (unpaired) electrons. The standard InChI is InChI=1S/C15H20N6O2/c1-12-6-19-21(8-12)9-14(22)18-10-15(23)2-5-20(11-15)13-7-16-3-4-17-13/h3-4,6-8,23H,2,5,9-11H2,1H3,(H,18,22)/t15-/m0/s1. The number of hydrogen-bond acceptors (Lipinski definition) is 6. The third-order valence-corrected chi connectivity index (χ3v) is 3.89. The van der Waals surface area contributed by atoms with Crippen LogP contribution in [0.25, 0.3) is 0 Å². The minimum Gasteiger partial charge on any atom is -0.386 e. The van der Waals surface area contributed by atoms with Crippen molar-refractivity contribution in [3.05, 3.63) is 36.5 Å². The largest absolute Gasteiger partial charge is 0.386 e. The molecule has 0 aliphatic carbocycles. The molecule has 2 aromatic rings. The number of aromatic nitrogens is 4. The van der Waals surface area contributed by atoms with Gasteiger partial charge in [-0.05, 0) is 18.9 Å². The Morgan fingerprint density at radius 1 is 1.43 bits per heavy atom. The summed E-state index contributed by atoms with van der Waals surface area (Å²) in [6.07, 6.45) is 8.99. The normalized spacial score (nSPS) is 20.7. The summed E-state index contributed by atoms with van der Waals surface area (Å²) < 4.78 is 1.58. The second-order valence-electron chi connectivity index (χ2n) is 5.95. The van der Waals surface area contributed by atoms with Crippen LogP contribution in [-0.2, 0) is 11.3 Å². The maximum atomic E-state index is 12.0. The van der Waals surface area contributed by atoms with Crippen molar-refractivity contribution in [1.29, 1.82) is 0 Å². The van der Waals surface area contributed by atoms with Gasteiger partial charge >= 0.3 is 0 Å². The summed E-state index contributed by atoms with van der Waals surface area (Å²) in [5.41, 5.74) is 0.0552. The van der Waals surface area contributed by atoms with Gasteiger partial charge in [0.2, 0.25) is 5.91 Å². The van der Waals surface area contributed by atoms with E-state index in [1.54, 1.807) is 35.7 Å². The first kappa shape index (κ1) is 15.4. The van der Waals surface area contributed by atoms with Crippen LogP contribution >= 0.6 is 0 Å². The quantitative estimate of drug-likeness (QED) is 0.789. The number of β-amino-alcohol motifs (C(OH)–C–C–N with tert-alkyl or cyclic N) is 1. The van der Waals surface area contributed by atoms with Gasteiger partial charge in [-0.1, -0.05) is 0 Å². The highest BCUT2D eigenvalue weighted by atomic mass is 16.3. The Kier molecular flexibility index (Phi) is 4.24. The van der Waals surface area contributed by atoms with Crippen LogP contribution in [0.5, 0.6) is 0 Å². The summed E-state index contributed by atoms with van der Waals surface area (Å²) >= 11 is 0. The van der Waals surface area contributed by atoms with Crippen molar-refractivity contribution in [2.75, 3.05) is 24.5 Å². The highest BCUT2D eigenvalue weighted by Gasteiger charge is 2.37. The molecule has 8 heteroatoms. The molecule has 8 nitrogen and oxygen atoms in total. The molecular formula is C15H20N6O2. The van der Waals surface area contributed by atoms with Gasteiger partial charge in [0.1, 0.15) is 18.0 Å². The second-order valence-corrected chi connectivity index (χ2v) is 5.95. The van der Waals surface area contributed by atoms with Gasteiger partial charge < -0.3 is 15.3 Å². The van der Waals surface area contributed by atoms with Crippen LogP contribution < -0.4 is 10.2 Å². The number of rotatable bonds is 5. The average molecular weight is 316 g/mol. The van der Waals surface area contributed by atoms with Crippen molar-refractivity contribution in [2.45, 2.75) is 25.5 Å². The summed E-state index contributed by atoms with van der Waals surface area (Å²) in [4.78, 5) is 22.2. The van der Waals surface area contributed by atoms with Crippen LogP contribution in [-0.4, -0.2) is 56.0 Å². The maximum absolute atomic E-state index is 12.0. The molecule has 122 valence electrons. The topological polar surface area (TPSA) is 96.2 Å². The Morgan fingerprint density at radius 3 is 3.00 bits per heavy atom. The Labute approximate surface area is 134 Å². The molecule has 3 heterocycles. The lowest BCUT2D eigenvalue weighted by Gasteiger charge is -2.24. The molecule has 0 spiro atoms. The van der Waals surface area contributed by atoms with Gasteiger partial charge in [0, 0.05) is 38.2 Å². The lowest BCUT2D eigenvalue weighted by Crippen LogP contribution is -2.45. The monoisotopic (exact) mass is 316 g/mol. The van der Waals surface area contributed by atoms with Crippen LogP contribution in [0.4, 0.5) is 5.82 Å². The molecule has 0 aromatic carbocycles. The molecule has 1 amide bonds. The molecule has 0 unspecified atom stereocenters. The van der Waals surface area contributed by atoms with Crippen LogP contribution in [0.1, 0.15) is 12.0 Å². The second kappa shape index (κ2) is 6.33. The van der Waals surface area contributed by atoms with Crippen molar-refractivity contribution in [1.82, 2.24) is 25.1 Å². The summed E-state index contributed by atoms with van der Waals surface area (Å²) in [6, 6.07) is 0. The molecule has 23 heavy (non-hydrogen) atoms. The fourth-order valence-electron chi connectivity index (χ4n) is 2.67. The van der Waals surface area contributed by atoms with Crippen molar-refractivity contribution < 1.29 is 9.90 Å². The van der Waals surface area contributed by atoms with Crippen molar-refractivity contribution in [2.24, 2.45) is 0 Å². The third-order valence-electron chi connectivity index (χ3n) is 3.89. The fraction of sp³-hybridized carbons (Fsp3) is 0.467. The molecule has 1 fully saturated rings. The first-order valence-electron chi connectivity index (χ1n) is 7.53. The van der Waals surface area contributed by atoms with Crippen LogP contribution in [0.15, 0.2) is 31.0 Å². The minimum atomic E-state index is -0.951. The Balaban J connectivity index is 1.51. The molecule has 1 aliphatic rings. The SMILES string of the molecule is Cc1cnn(CC(=O)NC[C@@]2(O)CCN(c3cnccn3)C2)c1. The van der Waals surface area contributed by atoms with Gasteiger partial charge in [-0.15, -0.1) is 0 Å². The molecule has 1 saturated heterocycles. The average Bonchev–Trinajstić information content (AvgIpc) is 3.13. The smallest absolute Gasteiger partial charge is 0.241 e. The van der Waals surface area contributed by atoms with E-state index < -0.39 is 5.60 Å². The number of aryl methyl sites for hydroxylation is 1. The van der Waals surface area contributed by atoms with Crippen molar-refractivity contribution in [3.8, 4) is 0 Å². The number of carbonyl (C=O) groups excluding carboxylic acids is 1. The number of anilines is 1. The van der Waals surface area contributed by atoms with E-state index in [2.05, 4.69) is 20.4 Å². The summed E-state index contributed by atoms with van der Waals surface area (Å²) in [5.74, 6) is 0.571. The zero-order chi connectivity index (χ0) is 16.3. The highest BCUT2D eigenvalue weighted by molar-refractivity contribution is 5.75. The van der Waals surface area contributed by atoms with Crippen LogP contribution in [0, 0.1) is 6.92 Å². The number of amides is 1. The van der Waals surface area contributed by atoms with Crippen molar-refractivity contribution >= 4 is 11.7 Å². The highest BCUT2D eigenvalue weighted by Crippen LogP contribution is 2.24. The van der Waals surface area contributed by atoms with E-state index in [-0.39, 0.29) is 19.0 Å². The Hall–Kier alpha value is -2.48. The molecule has 2 aromatic heterocycles. The Bertz CT molecular complexity index is 674.